The number of rotatable bonds is 30. The zero-order valence-electron chi connectivity index (χ0n) is 27.0. The molecule has 0 heterocycles. The summed E-state index contributed by atoms with van der Waals surface area (Å²) in [6.45, 7) is 8.31. The Hall–Kier alpha value is -1.09. The number of carbonyl (C=O) groups is 1. The van der Waals surface area contributed by atoms with Crippen molar-refractivity contribution in [3.8, 4) is 0 Å². The van der Waals surface area contributed by atoms with E-state index in [9.17, 15) is 4.79 Å². The molecule has 4 N–H and O–H groups in total. The molecule has 0 spiro atoms. The van der Waals surface area contributed by atoms with Crippen LogP contribution in [0.15, 0.2) is 24.8 Å². The van der Waals surface area contributed by atoms with Crippen LogP contribution < -0.4 is 6.15 Å². The third-order valence-corrected chi connectivity index (χ3v) is 7.41. The van der Waals surface area contributed by atoms with Gasteiger partial charge >= 0.3 is 5.97 Å². The first-order valence-electron chi connectivity index (χ1n) is 17.2. The van der Waals surface area contributed by atoms with Crippen LogP contribution in [0.5, 0.6) is 0 Å². The van der Waals surface area contributed by atoms with Gasteiger partial charge in [0.2, 0.25) is 0 Å². The quantitative estimate of drug-likeness (QED) is 0.0688. The smallest absolute Gasteiger partial charge is 0.303 e. The van der Waals surface area contributed by atoms with Crippen LogP contribution in [0.2, 0.25) is 0 Å². The van der Waals surface area contributed by atoms with E-state index in [1.54, 1.807) is 0 Å². The van der Waals surface area contributed by atoms with Gasteiger partial charge in [-0.25, -0.2) is 0 Å². The summed E-state index contributed by atoms with van der Waals surface area (Å²) in [5, 5.41) is 8.51. The Morgan fingerprint density at radius 3 is 1.08 bits per heavy atom. The van der Waals surface area contributed by atoms with Crippen LogP contribution in [0.3, 0.4) is 0 Å². The van der Waals surface area contributed by atoms with Gasteiger partial charge in [0.05, 0.1) is 0 Å². The molecule has 0 aliphatic heterocycles. The second kappa shape index (κ2) is 41.4. The second-order valence-corrected chi connectivity index (χ2v) is 11.4. The fourth-order valence-electron chi connectivity index (χ4n) is 4.83. The van der Waals surface area contributed by atoms with Crippen LogP contribution in [0, 0.1) is 0 Å². The lowest BCUT2D eigenvalue weighted by Crippen LogP contribution is -1.93. The van der Waals surface area contributed by atoms with Crippen LogP contribution in [-0.4, -0.2) is 11.1 Å². The number of hydrogen-bond acceptors (Lipinski definition) is 2. The van der Waals surface area contributed by atoms with Crippen molar-refractivity contribution in [3.05, 3.63) is 24.8 Å². The van der Waals surface area contributed by atoms with Gasteiger partial charge in [-0.2, -0.15) is 0 Å². The molecule has 0 saturated heterocycles. The fraction of sp³-hybridized carbons (Fsp3) is 0.861. The number of hydrogen-bond donors (Lipinski definition) is 2. The van der Waals surface area contributed by atoms with Crippen LogP contribution >= 0.6 is 0 Å². The predicted molar refractivity (Wildman–Crippen MR) is 177 cm³/mol. The number of aliphatic carboxylic acids is 1. The number of carboxylic acid groups (broad SMARTS) is 1. The molecule has 0 aliphatic carbocycles. The number of allylic oxidation sites excluding steroid dienone is 3. The van der Waals surface area contributed by atoms with Crippen molar-refractivity contribution in [3.63, 3.8) is 0 Å². The van der Waals surface area contributed by atoms with E-state index in [0.29, 0.717) is 6.42 Å². The van der Waals surface area contributed by atoms with Crippen LogP contribution in [-0.2, 0) is 4.79 Å². The van der Waals surface area contributed by atoms with E-state index in [2.05, 4.69) is 32.6 Å². The molecule has 0 saturated carbocycles. The van der Waals surface area contributed by atoms with Gasteiger partial charge in [-0.05, 0) is 44.9 Å². The second-order valence-electron chi connectivity index (χ2n) is 11.4. The van der Waals surface area contributed by atoms with Crippen molar-refractivity contribution in [2.75, 3.05) is 0 Å². The average Bonchev–Trinajstić information content (AvgIpc) is 2.91. The number of carboxylic acids is 1. The van der Waals surface area contributed by atoms with E-state index in [-0.39, 0.29) is 6.15 Å². The molecular weight excluding hydrogens is 478 g/mol. The normalized spacial score (nSPS) is 10.7. The van der Waals surface area contributed by atoms with E-state index in [0.717, 1.165) is 12.8 Å². The summed E-state index contributed by atoms with van der Waals surface area (Å²) >= 11 is 0. The Bertz CT molecular complexity index is 475. The topological polar surface area (TPSA) is 72.3 Å². The van der Waals surface area contributed by atoms with Crippen LogP contribution in [0.1, 0.15) is 200 Å². The van der Waals surface area contributed by atoms with E-state index in [1.807, 2.05) is 6.08 Å². The number of unbranched alkanes of at least 4 members (excludes halogenated alkanes) is 25. The summed E-state index contributed by atoms with van der Waals surface area (Å²) in [5.74, 6) is -0.664. The molecule has 0 fully saturated rings. The van der Waals surface area contributed by atoms with Crippen molar-refractivity contribution in [2.45, 2.75) is 200 Å². The molecule has 234 valence electrons. The van der Waals surface area contributed by atoms with E-state index >= 15 is 0 Å². The summed E-state index contributed by atoms with van der Waals surface area (Å²) in [6.07, 6.45) is 44.7. The van der Waals surface area contributed by atoms with Crippen molar-refractivity contribution >= 4 is 5.97 Å². The molecule has 0 aliphatic rings. The Labute approximate surface area is 246 Å². The standard InChI is InChI=1S/C18H34O2.C18H36.H3N/c1-2-3-4-5-6-7-8-9-10-11-12-13-14-15-16-17-18(19)20;1-3-5-7-9-11-13-15-17-18-16-14-12-10-8-6-4-2;/h9-10H,2-8,11-17H2,1H3,(H,19,20);3H,1,4-18H2,2H3;1H3/b10-9-;;. The van der Waals surface area contributed by atoms with E-state index in [1.165, 1.54) is 167 Å². The van der Waals surface area contributed by atoms with Gasteiger partial charge in [0.25, 0.3) is 0 Å². The zero-order valence-corrected chi connectivity index (χ0v) is 27.0. The third kappa shape index (κ3) is 47.1. The molecular formula is C36H73NO2. The Kier molecular flexibility index (Phi) is 45.0. The minimum atomic E-state index is -0.664. The first-order valence-corrected chi connectivity index (χ1v) is 17.2. The van der Waals surface area contributed by atoms with Crippen molar-refractivity contribution in [1.82, 2.24) is 6.15 Å². The average molecular weight is 552 g/mol. The molecule has 0 amide bonds. The third-order valence-electron chi connectivity index (χ3n) is 7.41. The lowest BCUT2D eigenvalue weighted by molar-refractivity contribution is -0.137. The predicted octanol–water partition coefficient (Wildman–Crippen LogP) is 13.3. The molecule has 0 atom stereocenters. The maximum atomic E-state index is 10.3. The summed E-state index contributed by atoms with van der Waals surface area (Å²) in [4.78, 5) is 10.3. The summed E-state index contributed by atoms with van der Waals surface area (Å²) in [5.41, 5.74) is 0. The Morgan fingerprint density at radius 1 is 0.487 bits per heavy atom. The van der Waals surface area contributed by atoms with E-state index in [4.69, 9.17) is 5.11 Å². The lowest BCUT2D eigenvalue weighted by atomic mass is 10.0. The Morgan fingerprint density at radius 2 is 0.769 bits per heavy atom. The molecule has 0 unspecified atom stereocenters. The van der Waals surface area contributed by atoms with Gasteiger partial charge in [-0.15, -0.1) is 6.58 Å². The summed E-state index contributed by atoms with van der Waals surface area (Å²) in [6, 6.07) is 0. The first-order chi connectivity index (χ1) is 18.7. The molecule has 39 heavy (non-hydrogen) atoms. The minimum absolute atomic E-state index is 0. The fourth-order valence-corrected chi connectivity index (χ4v) is 4.83. The highest BCUT2D eigenvalue weighted by Gasteiger charge is 1.96. The van der Waals surface area contributed by atoms with Crippen LogP contribution in [0.25, 0.3) is 0 Å². The largest absolute Gasteiger partial charge is 0.481 e. The molecule has 0 aromatic heterocycles. The molecule has 3 heteroatoms. The summed E-state index contributed by atoms with van der Waals surface area (Å²) < 4.78 is 0. The molecule has 0 bridgehead atoms. The van der Waals surface area contributed by atoms with Crippen molar-refractivity contribution in [2.24, 2.45) is 0 Å². The maximum absolute atomic E-state index is 10.3. The molecule has 0 rings (SSSR count). The highest BCUT2D eigenvalue weighted by Crippen LogP contribution is 2.13. The van der Waals surface area contributed by atoms with E-state index < -0.39 is 5.97 Å². The van der Waals surface area contributed by atoms with Crippen molar-refractivity contribution < 1.29 is 9.90 Å². The lowest BCUT2D eigenvalue weighted by Gasteiger charge is -2.02. The zero-order chi connectivity index (χ0) is 28.2. The van der Waals surface area contributed by atoms with Crippen LogP contribution in [0.4, 0.5) is 0 Å². The first kappa shape index (κ1) is 42.4. The molecule has 0 aromatic carbocycles. The van der Waals surface area contributed by atoms with Gasteiger partial charge in [0.1, 0.15) is 0 Å². The van der Waals surface area contributed by atoms with Gasteiger partial charge in [0.15, 0.2) is 0 Å². The summed E-state index contributed by atoms with van der Waals surface area (Å²) in [7, 11) is 0. The molecule has 3 nitrogen and oxygen atoms in total. The molecule has 0 aromatic rings. The highest BCUT2D eigenvalue weighted by atomic mass is 16.4. The van der Waals surface area contributed by atoms with Gasteiger partial charge < -0.3 is 11.3 Å². The van der Waals surface area contributed by atoms with Crippen molar-refractivity contribution in [1.29, 1.82) is 0 Å². The van der Waals surface area contributed by atoms with Gasteiger partial charge in [-0.1, -0.05) is 167 Å². The monoisotopic (exact) mass is 552 g/mol. The maximum Gasteiger partial charge on any atom is 0.303 e. The highest BCUT2D eigenvalue weighted by molar-refractivity contribution is 5.66. The minimum Gasteiger partial charge on any atom is -0.481 e. The SMILES string of the molecule is C=CCCCCCCCCCCCCCCCC.CCCCCCCC/C=C\CCCCCCCC(=O)O.N. The molecule has 0 radical (unpaired) electrons. The van der Waals surface area contributed by atoms with Gasteiger partial charge in [0, 0.05) is 6.42 Å². The Balaban J connectivity index is -0.000000651. The van der Waals surface area contributed by atoms with Gasteiger partial charge in [-0.3, -0.25) is 4.79 Å².